The summed E-state index contributed by atoms with van der Waals surface area (Å²) >= 11 is 0. The lowest BCUT2D eigenvalue weighted by Gasteiger charge is -2.24. The van der Waals surface area contributed by atoms with Crippen molar-refractivity contribution in [2.75, 3.05) is 13.2 Å². The number of rotatable bonds is 7. The van der Waals surface area contributed by atoms with Crippen LogP contribution >= 0.6 is 0 Å². The van der Waals surface area contributed by atoms with Gasteiger partial charge in [-0.3, -0.25) is 9.59 Å². The third kappa shape index (κ3) is 5.42. The Balaban J connectivity index is 2.31. The molecule has 0 heterocycles. The van der Waals surface area contributed by atoms with Crippen molar-refractivity contribution in [1.82, 2.24) is 5.32 Å². The second kappa shape index (κ2) is 7.94. The predicted molar refractivity (Wildman–Crippen MR) is 71.7 cm³/mol. The third-order valence-corrected chi connectivity index (χ3v) is 3.16. The van der Waals surface area contributed by atoms with Crippen LogP contribution < -0.4 is 5.32 Å². The van der Waals surface area contributed by atoms with E-state index in [-0.39, 0.29) is 12.0 Å². The highest BCUT2D eigenvalue weighted by Gasteiger charge is 2.33. The number of carbonyl (C=O) groups is 2. The molecular weight excluding hydrogens is 246 g/mol. The molecule has 19 heavy (non-hydrogen) atoms. The summed E-state index contributed by atoms with van der Waals surface area (Å²) in [5.41, 5.74) is 0. The van der Waals surface area contributed by atoms with Gasteiger partial charge in [-0.1, -0.05) is 12.2 Å². The first kappa shape index (κ1) is 15.7. The third-order valence-electron chi connectivity index (χ3n) is 3.16. The number of allylic oxidation sites excluding steroid dienone is 2. The maximum Gasteiger partial charge on any atom is 0.307 e. The lowest BCUT2D eigenvalue weighted by Crippen LogP contribution is -2.39. The Morgan fingerprint density at radius 2 is 1.95 bits per heavy atom. The minimum Gasteiger partial charge on any atom is -0.481 e. The molecule has 1 aliphatic rings. The van der Waals surface area contributed by atoms with Crippen LogP contribution in [-0.4, -0.2) is 36.2 Å². The van der Waals surface area contributed by atoms with E-state index in [0.29, 0.717) is 26.0 Å². The van der Waals surface area contributed by atoms with Crippen LogP contribution in [0.5, 0.6) is 0 Å². The normalized spacial score (nSPS) is 22.5. The average Bonchev–Trinajstić information content (AvgIpc) is 2.37. The molecule has 0 fully saturated rings. The fourth-order valence-corrected chi connectivity index (χ4v) is 2.11. The minimum absolute atomic E-state index is 0.165. The number of nitrogens with one attached hydrogen (secondary N) is 1. The number of carboxylic acid groups (broad SMARTS) is 1. The molecule has 0 radical (unpaired) electrons. The van der Waals surface area contributed by atoms with E-state index >= 15 is 0 Å². The topological polar surface area (TPSA) is 75.6 Å². The molecule has 0 aromatic rings. The zero-order valence-corrected chi connectivity index (χ0v) is 11.6. The van der Waals surface area contributed by atoms with Crippen molar-refractivity contribution in [3.63, 3.8) is 0 Å². The summed E-state index contributed by atoms with van der Waals surface area (Å²) in [6.07, 6.45) is 5.58. The monoisotopic (exact) mass is 269 g/mol. The molecule has 0 aliphatic heterocycles. The standard InChI is InChI=1S/C14H23NO4/c1-10(2)19-9-5-8-15-13(16)11-6-3-4-7-12(11)14(17)18/h3-4,10-12H,5-9H2,1-2H3,(H,15,16)(H,17,18). The number of hydrogen-bond acceptors (Lipinski definition) is 3. The van der Waals surface area contributed by atoms with Gasteiger partial charge in [-0.05, 0) is 33.1 Å². The van der Waals surface area contributed by atoms with Gasteiger partial charge in [-0.2, -0.15) is 0 Å². The van der Waals surface area contributed by atoms with Gasteiger partial charge in [0.25, 0.3) is 0 Å². The minimum atomic E-state index is -0.896. The van der Waals surface area contributed by atoms with E-state index in [4.69, 9.17) is 9.84 Å². The summed E-state index contributed by atoms with van der Waals surface area (Å²) in [5.74, 6) is -2.11. The van der Waals surface area contributed by atoms with Crippen LogP contribution in [0.15, 0.2) is 12.2 Å². The van der Waals surface area contributed by atoms with Gasteiger partial charge in [0.05, 0.1) is 17.9 Å². The fourth-order valence-electron chi connectivity index (χ4n) is 2.11. The zero-order chi connectivity index (χ0) is 14.3. The molecule has 5 nitrogen and oxygen atoms in total. The van der Waals surface area contributed by atoms with Crippen LogP contribution in [0.4, 0.5) is 0 Å². The highest BCUT2D eigenvalue weighted by molar-refractivity contribution is 5.85. The lowest BCUT2D eigenvalue weighted by molar-refractivity contribution is -0.147. The highest BCUT2D eigenvalue weighted by Crippen LogP contribution is 2.25. The predicted octanol–water partition coefficient (Wildman–Crippen LogP) is 1.58. The number of amides is 1. The Hall–Kier alpha value is -1.36. The summed E-state index contributed by atoms with van der Waals surface area (Å²) in [7, 11) is 0. The van der Waals surface area contributed by atoms with Crippen molar-refractivity contribution in [3.8, 4) is 0 Å². The van der Waals surface area contributed by atoms with Crippen molar-refractivity contribution < 1.29 is 19.4 Å². The van der Waals surface area contributed by atoms with Crippen LogP contribution in [-0.2, 0) is 14.3 Å². The van der Waals surface area contributed by atoms with Gasteiger partial charge in [-0.15, -0.1) is 0 Å². The van der Waals surface area contributed by atoms with E-state index in [2.05, 4.69) is 5.32 Å². The maximum absolute atomic E-state index is 12.0. The zero-order valence-electron chi connectivity index (χ0n) is 11.6. The van der Waals surface area contributed by atoms with Crippen LogP contribution in [0.1, 0.15) is 33.1 Å². The molecule has 0 saturated carbocycles. The summed E-state index contributed by atoms with van der Waals surface area (Å²) < 4.78 is 5.37. The summed E-state index contributed by atoms with van der Waals surface area (Å²) in [5, 5.41) is 11.9. The Bertz CT molecular complexity index is 338. The van der Waals surface area contributed by atoms with Gasteiger partial charge < -0.3 is 15.2 Å². The van der Waals surface area contributed by atoms with Crippen molar-refractivity contribution in [2.45, 2.75) is 39.2 Å². The quantitative estimate of drug-likeness (QED) is 0.543. The van der Waals surface area contributed by atoms with Gasteiger partial charge >= 0.3 is 5.97 Å². The van der Waals surface area contributed by atoms with Crippen molar-refractivity contribution in [1.29, 1.82) is 0 Å². The van der Waals surface area contributed by atoms with E-state index < -0.39 is 17.8 Å². The van der Waals surface area contributed by atoms with Crippen LogP contribution in [0.2, 0.25) is 0 Å². The van der Waals surface area contributed by atoms with E-state index in [0.717, 1.165) is 6.42 Å². The molecule has 0 aromatic carbocycles. The van der Waals surface area contributed by atoms with E-state index in [1.54, 1.807) is 0 Å². The van der Waals surface area contributed by atoms with Gasteiger partial charge in [0.1, 0.15) is 0 Å². The van der Waals surface area contributed by atoms with Crippen LogP contribution in [0, 0.1) is 11.8 Å². The molecule has 108 valence electrons. The Labute approximate surface area is 114 Å². The van der Waals surface area contributed by atoms with E-state index in [1.807, 2.05) is 26.0 Å². The largest absolute Gasteiger partial charge is 0.481 e. The van der Waals surface area contributed by atoms with Crippen LogP contribution in [0.3, 0.4) is 0 Å². The highest BCUT2D eigenvalue weighted by atomic mass is 16.5. The molecule has 1 amide bonds. The van der Waals surface area contributed by atoms with Crippen molar-refractivity contribution >= 4 is 11.9 Å². The smallest absolute Gasteiger partial charge is 0.307 e. The molecular formula is C14H23NO4. The summed E-state index contributed by atoms with van der Waals surface area (Å²) in [4.78, 5) is 23.0. The molecule has 1 aliphatic carbocycles. The maximum atomic E-state index is 12.0. The van der Waals surface area contributed by atoms with Gasteiger partial charge in [0, 0.05) is 13.2 Å². The SMILES string of the molecule is CC(C)OCCCNC(=O)C1CC=CCC1C(=O)O. The number of aliphatic carboxylic acids is 1. The first-order valence-electron chi connectivity index (χ1n) is 6.79. The van der Waals surface area contributed by atoms with Gasteiger partial charge in [0.2, 0.25) is 5.91 Å². The lowest BCUT2D eigenvalue weighted by atomic mass is 9.82. The molecule has 2 atom stereocenters. The van der Waals surface area contributed by atoms with Crippen molar-refractivity contribution in [2.24, 2.45) is 11.8 Å². The molecule has 2 unspecified atom stereocenters. The van der Waals surface area contributed by atoms with Gasteiger partial charge in [-0.25, -0.2) is 0 Å². The molecule has 1 rings (SSSR count). The Morgan fingerprint density at radius 1 is 1.32 bits per heavy atom. The van der Waals surface area contributed by atoms with Gasteiger partial charge in [0.15, 0.2) is 0 Å². The Kier molecular flexibility index (Phi) is 6.56. The number of ether oxygens (including phenoxy) is 1. The fraction of sp³-hybridized carbons (Fsp3) is 0.714. The first-order valence-corrected chi connectivity index (χ1v) is 6.79. The molecule has 2 N–H and O–H groups in total. The molecule has 0 aromatic heterocycles. The second-order valence-electron chi connectivity index (χ2n) is 5.06. The number of hydrogen-bond donors (Lipinski definition) is 2. The van der Waals surface area contributed by atoms with Crippen LogP contribution in [0.25, 0.3) is 0 Å². The second-order valence-corrected chi connectivity index (χ2v) is 5.06. The molecule has 0 saturated heterocycles. The molecule has 0 bridgehead atoms. The first-order chi connectivity index (χ1) is 9.02. The average molecular weight is 269 g/mol. The molecule has 0 spiro atoms. The number of carboxylic acids is 1. The summed E-state index contributed by atoms with van der Waals surface area (Å²) in [6.45, 7) is 5.05. The molecule has 5 heteroatoms. The Morgan fingerprint density at radius 3 is 2.53 bits per heavy atom. The van der Waals surface area contributed by atoms with Crippen molar-refractivity contribution in [3.05, 3.63) is 12.2 Å². The number of carbonyl (C=O) groups excluding carboxylic acids is 1. The summed E-state index contributed by atoms with van der Waals surface area (Å²) in [6, 6.07) is 0. The van der Waals surface area contributed by atoms with E-state index in [1.165, 1.54) is 0 Å². The van der Waals surface area contributed by atoms with E-state index in [9.17, 15) is 9.59 Å².